The van der Waals surface area contributed by atoms with E-state index < -0.39 is 0 Å². The van der Waals surface area contributed by atoms with Gasteiger partial charge in [-0.25, -0.2) is 0 Å². The SMILES string of the molecule is CCCC.CNC(C)CCOc1ccccc1Oc1ccccc1OCCC1CCCCN1C. The summed E-state index contributed by atoms with van der Waals surface area (Å²) in [6.07, 6.45) is 8.49. The van der Waals surface area contributed by atoms with E-state index in [-0.39, 0.29) is 0 Å². The quantitative estimate of drug-likeness (QED) is 0.365. The van der Waals surface area contributed by atoms with Crippen LogP contribution in [0.4, 0.5) is 0 Å². The highest BCUT2D eigenvalue weighted by molar-refractivity contribution is 5.47. The average Bonchev–Trinajstić information content (AvgIpc) is 2.87. The second-order valence-electron chi connectivity index (χ2n) is 9.09. The van der Waals surface area contributed by atoms with Crippen molar-refractivity contribution in [2.24, 2.45) is 0 Å². The number of benzene rings is 2. The van der Waals surface area contributed by atoms with Gasteiger partial charge < -0.3 is 24.4 Å². The fraction of sp³-hybridized carbons (Fsp3) is 0.586. The predicted octanol–water partition coefficient (Wildman–Crippen LogP) is 6.92. The second-order valence-corrected chi connectivity index (χ2v) is 9.09. The number of likely N-dealkylation sites (tertiary alicyclic amines) is 1. The molecule has 0 amide bonds. The van der Waals surface area contributed by atoms with Crippen molar-refractivity contribution < 1.29 is 14.2 Å². The van der Waals surface area contributed by atoms with Crippen LogP contribution < -0.4 is 19.5 Å². The molecule has 190 valence electrons. The third kappa shape index (κ3) is 9.94. The Morgan fingerprint density at radius 3 is 1.97 bits per heavy atom. The standard InChI is InChI=1S/C25H36N2O3.C4H10/c1-20(26-2)15-18-28-22-11-4-6-13-24(22)30-25-14-7-5-12-23(25)29-19-16-21-10-8-9-17-27(21)3;1-3-4-2/h4-7,11-14,20-21,26H,8-10,15-19H2,1-3H3;3-4H2,1-2H3. The molecule has 34 heavy (non-hydrogen) atoms. The summed E-state index contributed by atoms with van der Waals surface area (Å²) in [7, 11) is 4.18. The first-order chi connectivity index (χ1) is 16.6. The first kappa shape index (κ1) is 28.0. The lowest BCUT2D eigenvalue weighted by Gasteiger charge is -2.32. The molecule has 1 N–H and O–H groups in total. The number of unbranched alkanes of at least 4 members (excludes halogenated alkanes) is 1. The monoisotopic (exact) mass is 470 g/mol. The molecule has 0 radical (unpaired) electrons. The molecule has 3 rings (SSSR count). The van der Waals surface area contributed by atoms with Gasteiger partial charge in [-0.15, -0.1) is 0 Å². The molecule has 1 aliphatic rings. The number of ether oxygens (including phenoxy) is 3. The molecule has 2 aromatic carbocycles. The molecule has 0 bridgehead atoms. The number of para-hydroxylation sites is 4. The molecule has 2 atom stereocenters. The number of nitrogens with zero attached hydrogens (tertiary/aromatic N) is 1. The van der Waals surface area contributed by atoms with Crippen molar-refractivity contribution in [3.05, 3.63) is 48.5 Å². The van der Waals surface area contributed by atoms with Crippen LogP contribution in [0.1, 0.15) is 65.7 Å². The molecule has 1 heterocycles. The number of hydrogen-bond acceptors (Lipinski definition) is 5. The van der Waals surface area contributed by atoms with E-state index in [0.717, 1.165) is 24.3 Å². The third-order valence-corrected chi connectivity index (χ3v) is 6.35. The van der Waals surface area contributed by atoms with Gasteiger partial charge in [0.15, 0.2) is 23.0 Å². The molecule has 1 saturated heterocycles. The molecule has 5 heteroatoms. The Morgan fingerprint density at radius 2 is 1.44 bits per heavy atom. The topological polar surface area (TPSA) is 43.0 Å². The van der Waals surface area contributed by atoms with Gasteiger partial charge in [-0.3, -0.25) is 0 Å². The van der Waals surface area contributed by atoms with E-state index in [1.54, 1.807) is 0 Å². The van der Waals surface area contributed by atoms with Crippen LogP contribution in [-0.4, -0.2) is 50.8 Å². The smallest absolute Gasteiger partial charge is 0.169 e. The van der Waals surface area contributed by atoms with Crippen molar-refractivity contribution in [3.8, 4) is 23.0 Å². The highest BCUT2D eigenvalue weighted by Crippen LogP contribution is 2.36. The van der Waals surface area contributed by atoms with Gasteiger partial charge in [0.25, 0.3) is 0 Å². The molecule has 1 aliphatic heterocycles. The molecule has 1 fully saturated rings. The normalized spacial score (nSPS) is 16.8. The maximum atomic E-state index is 6.21. The highest BCUT2D eigenvalue weighted by Gasteiger charge is 2.19. The maximum absolute atomic E-state index is 6.21. The Bertz CT molecular complexity index is 796. The Labute approximate surface area is 207 Å². The zero-order chi connectivity index (χ0) is 24.6. The number of hydrogen-bond donors (Lipinski definition) is 1. The van der Waals surface area contributed by atoms with E-state index in [9.17, 15) is 0 Å². The van der Waals surface area contributed by atoms with E-state index in [1.165, 1.54) is 38.6 Å². The summed E-state index contributed by atoms with van der Waals surface area (Å²) in [6, 6.07) is 16.7. The van der Waals surface area contributed by atoms with Crippen LogP contribution in [0.5, 0.6) is 23.0 Å². The first-order valence-corrected chi connectivity index (χ1v) is 13.1. The molecular weight excluding hydrogens is 424 g/mol. The van der Waals surface area contributed by atoms with Gasteiger partial charge in [0.05, 0.1) is 13.2 Å². The van der Waals surface area contributed by atoms with E-state index in [4.69, 9.17) is 14.2 Å². The minimum Gasteiger partial charge on any atom is -0.490 e. The second kappa shape index (κ2) is 16.4. The Balaban J connectivity index is 0.000000945. The summed E-state index contributed by atoms with van der Waals surface area (Å²) in [5, 5.41) is 3.23. The van der Waals surface area contributed by atoms with Crippen LogP contribution in [0.3, 0.4) is 0 Å². The van der Waals surface area contributed by atoms with E-state index in [0.29, 0.717) is 36.8 Å². The van der Waals surface area contributed by atoms with Crippen LogP contribution >= 0.6 is 0 Å². The molecule has 2 aromatic rings. The summed E-state index contributed by atoms with van der Waals surface area (Å²) < 4.78 is 18.3. The van der Waals surface area contributed by atoms with Crippen molar-refractivity contribution in [1.29, 1.82) is 0 Å². The van der Waals surface area contributed by atoms with Crippen LogP contribution in [0.15, 0.2) is 48.5 Å². The molecular formula is C29H46N2O3. The summed E-state index contributed by atoms with van der Waals surface area (Å²) in [5.74, 6) is 2.95. The maximum Gasteiger partial charge on any atom is 0.169 e. The molecule has 5 nitrogen and oxygen atoms in total. The first-order valence-electron chi connectivity index (χ1n) is 13.1. The fourth-order valence-electron chi connectivity index (χ4n) is 3.73. The molecule has 0 spiro atoms. The van der Waals surface area contributed by atoms with Crippen LogP contribution in [-0.2, 0) is 0 Å². The zero-order valence-corrected chi connectivity index (χ0v) is 22.0. The van der Waals surface area contributed by atoms with Gasteiger partial charge in [-0.1, -0.05) is 57.4 Å². The van der Waals surface area contributed by atoms with Crippen molar-refractivity contribution in [1.82, 2.24) is 10.2 Å². The molecule has 0 aliphatic carbocycles. The van der Waals surface area contributed by atoms with Crippen molar-refractivity contribution in [3.63, 3.8) is 0 Å². The molecule has 2 unspecified atom stereocenters. The largest absolute Gasteiger partial charge is 0.490 e. The fourth-order valence-corrected chi connectivity index (χ4v) is 3.73. The Hall–Kier alpha value is -2.24. The van der Waals surface area contributed by atoms with Crippen molar-refractivity contribution in [2.75, 3.05) is 33.9 Å². The van der Waals surface area contributed by atoms with E-state index >= 15 is 0 Å². The molecule has 0 aromatic heterocycles. The van der Waals surface area contributed by atoms with E-state index in [2.05, 4.69) is 38.0 Å². The average molecular weight is 471 g/mol. The minimum atomic E-state index is 0.412. The molecule has 0 saturated carbocycles. The van der Waals surface area contributed by atoms with Crippen LogP contribution in [0.2, 0.25) is 0 Å². The Morgan fingerprint density at radius 1 is 0.882 bits per heavy atom. The van der Waals surface area contributed by atoms with Crippen LogP contribution in [0, 0.1) is 0 Å². The van der Waals surface area contributed by atoms with Gasteiger partial charge in [0.2, 0.25) is 0 Å². The highest BCUT2D eigenvalue weighted by atomic mass is 16.5. The predicted molar refractivity (Wildman–Crippen MR) is 143 cm³/mol. The Kier molecular flexibility index (Phi) is 13.5. The summed E-state index contributed by atoms with van der Waals surface area (Å²) in [6.45, 7) is 9.02. The summed E-state index contributed by atoms with van der Waals surface area (Å²) in [5.41, 5.74) is 0. The number of rotatable bonds is 12. The lowest BCUT2D eigenvalue weighted by molar-refractivity contribution is 0.152. The number of piperidine rings is 1. The zero-order valence-electron chi connectivity index (χ0n) is 22.0. The van der Waals surface area contributed by atoms with Crippen LogP contribution in [0.25, 0.3) is 0 Å². The van der Waals surface area contributed by atoms with Gasteiger partial charge in [0.1, 0.15) is 0 Å². The van der Waals surface area contributed by atoms with Crippen molar-refractivity contribution >= 4 is 0 Å². The lowest BCUT2D eigenvalue weighted by atomic mass is 10.0. The van der Waals surface area contributed by atoms with E-state index in [1.807, 2.05) is 55.6 Å². The van der Waals surface area contributed by atoms with Gasteiger partial charge in [-0.05, 0) is 77.5 Å². The minimum absolute atomic E-state index is 0.412. The van der Waals surface area contributed by atoms with Gasteiger partial charge >= 0.3 is 0 Å². The lowest BCUT2D eigenvalue weighted by Crippen LogP contribution is -2.37. The van der Waals surface area contributed by atoms with Gasteiger partial charge in [-0.2, -0.15) is 0 Å². The number of nitrogens with one attached hydrogen (secondary N) is 1. The summed E-state index contributed by atoms with van der Waals surface area (Å²) in [4.78, 5) is 2.46. The van der Waals surface area contributed by atoms with Crippen molar-refractivity contribution in [2.45, 2.75) is 77.8 Å². The third-order valence-electron chi connectivity index (χ3n) is 6.35. The van der Waals surface area contributed by atoms with Gasteiger partial charge in [0, 0.05) is 12.1 Å². The summed E-state index contributed by atoms with van der Waals surface area (Å²) >= 11 is 0.